The summed E-state index contributed by atoms with van der Waals surface area (Å²) in [7, 11) is 2.02. The minimum atomic E-state index is -0.377. The van der Waals surface area contributed by atoms with Gasteiger partial charge in [0.25, 0.3) is 0 Å². The lowest BCUT2D eigenvalue weighted by Crippen LogP contribution is -2.39. The van der Waals surface area contributed by atoms with Crippen LogP contribution in [-0.2, 0) is 0 Å². The maximum atomic E-state index is 10.00. The molecule has 0 aliphatic carbocycles. The van der Waals surface area contributed by atoms with E-state index in [1.165, 1.54) is 0 Å². The van der Waals surface area contributed by atoms with Crippen molar-refractivity contribution >= 4 is 11.6 Å². The van der Waals surface area contributed by atoms with Crippen LogP contribution < -0.4 is 5.32 Å². The van der Waals surface area contributed by atoms with Gasteiger partial charge < -0.3 is 15.3 Å². The van der Waals surface area contributed by atoms with Gasteiger partial charge in [0.15, 0.2) is 0 Å². The van der Waals surface area contributed by atoms with E-state index in [2.05, 4.69) is 31.0 Å². The zero-order valence-electron chi connectivity index (χ0n) is 12.2. The summed E-state index contributed by atoms with van der Waals surface area (Å²) in [6.45, 7) is 7.52. The van der Waals surface area contributed by atoms with E-state index in [4.69, 9.17) is 11.6 Å². The molecule has 0 saturated heterocycles. The molecule has 1 unspecified atom stereocenters. The van der Waals surface area contributed by atoms with Crippen molar-refractivity contribution < 1.29 is 5.11 Å². The SMILES string of the molecule is CC(C)N(C)CC(O)CN[C@H](C)c1ccccc1Cl. The number of likely N-dealkylation sites (N-methyl/N-ethyl adjacent to an activating group) is 1. The smallest absolute Gasteiger partial charge is 0.0791 e. The lowest BCUT2D eigenvalue weighted by atomic mass is 10.1. The molecule has 0 aliphatic heterocycles. The maximum Gasteiger partial charge on any atom is 0.0791 e. The van der Waals surface area contributed by atoms with E-state index in [1.807, 2.05) is 31.3 Å². The topological polar surface area (TPSA) is 35.5 Å². The second-order valence-electron chi connectivity index (χ2n) is 5.34. The van der Waals surface area contributed by atoms with Crippen molar-refractivity contribution in [3.05, 3.63) is 34.9 Å². The predicted molar refractivity (Wildman–Crippen MR) is 81.6 cm³/mol. The summed E-state index contributed by atoms with van der Waals surface area (Å²) in [6.07, 6.45) is -0.377. The molecule has 0 bridgehead atoms. The molecule has 1 aromatic carbocycles. The lowest BCUT2D eigenvalue weighted by molar-refractivity contribution is 0.108. The number of hydrogen-bond donors (Lipinski definition) is 2. The minimum absolute atomic E-state index is 0.132. The third-order valence-electron chi connectivity index (χ3n) is 3.41. The van der Waals surface area contributed by atoms with Gasteiger partial charge in [0.05, 0.1) is 6.10 Å². The Morgan fingerprint density at radius 3 is 2.47 bits per heavy atom. The Bertz CT molecular complexity index is 384. The minimum Gasteiger partial charge on any atom is -0.390 e. The molecule has 1 rings (SSSR count). The molecule has 0 fully saturated rings. The van der Waals surface area contributed by atoms with Crippen LogP contribution in [0.1, 0.15) is 32.4 Å². The predicted octanol–water partition coefficient (Wildman–Crippen LogP) is 2.69. The molecule has 0 heterocycles. The summed E-state index contributed by atoms with van der Waals surface area (Å²) in [5, 5.41) is 14.1. The van der Waals surface area contributed by atoms with Gasteiger partial charge >= 0.3 is 0 Å². The van der Waals surface area contributed by atoms with Crippen molar-refractivity contribution in [1.82, 2.24) is 10.2 Å². The van der Waals surface area contributed by atoms with Crippen molar-refractivity contribution in [3.63, 3.8) is 0 Å². The van der Waals surface area contributed by atoms with Gasteiger partial charge in [-0.2, -0.15) is 0 Å². The molecular formula is C15H25ClN2O. The number of benzene rings is 1. The molecule has 1 aromatic rings. The Labute approximate surface area is 121 Å². The van der Waals surface area contributed by atoms with Crippen molar-refractivity contribution in [3.8, 4) is 0 Å². The first kappa shape index (κ1) is 16.4. The van der Waals surface area contributed by atoms with Crippen LogP contribution in [-0.4, -0.2) is 42.3 Å². The molecule has 3 nitrogen and oxygen atoms in total. The highest BCUT2D eigenvalue weighted by Crippen LogP contribution is 2.21. The Hall–Kier alpha value is -0.610. The van der Waals surface area contributed by atoms with Gasteiger partial charge in [-0.05, 0) is 39.4 Å². The summed E-state index contributed by atoms with van der Waals surface area (Å²) in [6, 6.07) is 8.36. The molecule has 4 heteroatoms. The number of aliphatic hydroxyl groups is 1. The summed E-state index contributed by atoms with van der Waals surface area (Å²) in [4.78, 5) is 2.13. The number of hydrogen-bond acceptors (Lipinski definition) is 3. The van der Waals surface area contributed by atoms with Crippen LogP contribution >= 0.6 is 11.6 Å². The van der Waals surface area contributed by atoms with Gasteiger partial charge in [-0.25, -0.2) is 0 Å². The summed E-state index contributed by atoms with van der Waals surface area (Å²) < 4.78 is 0. The molecule has 0 radical (unpaired) electrons. The third-order valence-corrected chi connectivity index (χ3v) is 3.76. The van der Waals surface area contributed by atoms with Crippen molar-refractivity contribution in [1.29, 1.82) is 0 Å². The van der Waals surface area contributed by atoms with E-state index in [0.29, 0.717) is 19.1 Å². The van der Waals surface area contributed by atoms with E-state index >= 15 is 0 Å². The van der Waals surface area contributed by atoms with Crippen LogP contribution in [0.25, 0.3) is 0 Å². The molecule has 2 atom stereocenters. The van der Waals surface area contributed by atoms with Crippen LogP contribution in [0.5, 0.6) is 0 Å². The first-order valence-electron chi connectivity index (χ1n) is 6.78. The number of nitrogens with one attached hydrogen (secondary N) is 1. The first-order valence-corrected chi connectivity index (χ1v) is 7.15. The Morgan fingerprint density at radius 2 is 1.89 bits per heavy atom. The van der Waals surface area contributed by atoms with Gasteiger partial charge in [0.1, 0.15) is 0 Å². The number of aliphatic hydroxyl groups excluding tert-OH is 1. The number of rotatable bonds is 7. The fourth-order valence-electron chi connectivity index (χ4n) is 1.86. The normalized spacial score (nSPS) is 14.9. The zero-order valence-corrected chi connectivity index (χ0v) is 13.0. The van der Waals surface area contributed by atoms with Crippen LogP contribution in [0, 0.1) is 0 Å². The van der Waals surface area contributed by atoms with Gasteiger partial charge in [-0.3, -0.25) is 0 Å². The Balaban J connectivity index is 2.42. The highest BCUT2D eigenvalue weighted by Gasteiger charge is 2.13. The average Bonchev–Trinajstić information content (AvgIpc) is 2.36. The van der Waals surface area contributed by atoms with Crippen LogP contribution in [0.2, 0.25) is 5.02 Å². The van der Waals surface area contributed by atoms with E-state index in [0.717, 1.165) is 10.6 Å². The molecule has 2 N–H and O–H groups in total. The monoisotopic (exact) mass is 284 g/mol. The van der Waals surface area contributed by atoms with Crippen LogP contribution in [0.4, 0.5) is 0 Å². The van der Waals surface area contributed by atoms with Crippen molar-refractivity contribution in [2.45, 2.75) is 39.0 Å². The van der Waals surface area contributed by atoms with Crippen molar-refractivity contribution in [2.24, 2.45) is 0 Å². The van der Waals surface area contributed by atoms with E-state index in [1.54, 1.807) is 0 Å². The number of halogens is 1. The van der Waals surface area contributed by atoms with Gasteiger partial charge in [0, 0.05) is 30.2 Å². The average molecular weight is 285 g/mol. The third kappa shape index (κ3) is 5.49. The molecule has 0 amide bonds. The van der Waals surface area contributed by atoms with Gasteiger partial charge in [-0.1, -0.05) is 29.8 Å². The molecular weight excluding hydrogens is 260 g/mol. The highest BCUT2D eigenvalue weighted by molar-refractivity contribution is 6.31. The maximum absolute atomic E-state index is 10.00. The van der Waals surface area contributed by atoms with Crippen LogP contribution in [0.15, 0.2) is 24.3 Å². The molecule has 108 valence electrons. The van der Waals surface area contributed by atoms with Gasteiger partial charge in [-0.15, -0.1) is 0 Å². The van der Waals surface area contributed by atoms with Gasteiger partial charge in [0.2, 0.25) is 0 Å². The number of nitrogens with zero attached hydrogens (tertiary/aromatic N) is 1. The Morgan fingerprint density at radius 1 is 1.26 bits per heavy atom. The summed E-state index contributed by atoms with van der Waals surface area (Å²) >= 11 is 6.15. The molecule has 0 aromatic heterocycles. The lowest BCUT2D eigenvalue weighted by Gasteiger charge is -2.25. The zero-order chi connectivity index (χ0) is 14.4. The van der Waals surface area contributed by atoms with E-state index in [-0.39, 0.29) is 12.1 Å². The quantitative estimate of drug-likeness (QED) is 0.808. The van der Waals surface area contributed by atoms with E-state index in [9.17, 15) is 5.11 Å². The summed E-state index contributed by atoms with van der Waals surface area (Å²) in [5.41, 5.74) is 1.06. The molecule has 0 aliphatic rings. The highest BCUT2D eigenvalue weighted by atomic mass is 35.5. The van der Waals surface area contributed by atoms with Crippen LogP contribution in [0.3, 0.4) is 0 Å². The second kappa shape index (κ2) is 7.85. The molecule has 0 spiro atoms. The largest absolute Gasteiger partial charge is 0.390 e. The Kier molecular flexibility index (Phi) is 6.80. The van der Waals surface area contributed by atoms with E-state index < -0.39 is 0 Å². The standard InChI is InChI=1S/C15H25ClN2O/c1-11(2)18(4)10-13(19)9-17-12(3)14-7-5-6-8-15(14)16/h5-8,11-13,17,19H,9-10H2,1-4H3/t12-,13?/m1/s1. The summed E-state index contributed by atoms with van der Waals surface area (Å²) in [5.74, 6) is 0. The first-order chi connectivity index (χ1) is 8.91. The molecule has 0 saturated carbocycles. The fraction of sp³-hybridized carbons (Fsp3) is 0.600. The molecule has 19 heavy (non-hydrogen) atoms. The fourth-order valence-corrected chi connectivity index (χ4v) is 2.16. The van der Waals surface area contributed by atoms with Crippen molar-refractivity contribution in [2.75, 3.05) is 20.1 Å². The second-order valence-corrected chi connectivity index (χ2v) is 5.75.